The number of methoxy groups -OCH3 is 2. The van der Waals surface area contributed by atoms with Crippen molar-refractivity contribution in [3.05, 3.63) is 30.2 Å². The molecule has 0 saturated carbocycles. The van der Waals surface area contributed by atoms with E-state index >= 15 is 0 Å². The van der Waals surface area contributed by atoms with Crippen LogP contribution in [-0.4, -0.2) is 52.5 Å². The number of aryl methyl sites for hydroxylation is 1. The van der Waals surface area contributed by atoms with Crippen molar-refractivity contribution in [1.29, 1.82) is 0 Å². The second kappa shape index (κ2) is 6.62. The third-order valence-electron chi connectivity index (χ3n) is 4.43. The molecule has 10 heteroatoms. The van der Waals surface area contributed by atoms with Gasteiger partial charge in [-0.1, -0.05) is 0 Å². The molecule has 9 nitrogen and oxygen atoms in total. The molecule has 0 aromatic carbocycles. The molecule has 0 aliphatic heterocycles. The molecule has 3 aromatic rings. The van der Waals surface area contributed by atoms with Crippen molar-refractivity contribution in [2.24, 2.45) is 7.05 Å². The molecule has 0 atom stereocenters. The lowest BCUT2D eigenvalue weighted by Gasteiger charge is -2.21. The molecule has 0 aliphatic rings. The largest absolute Gasteiger partial charge is 0.495 e. The minimum Gasteiger partial charge on any atom is -0.495 e. The zero-order valence-corrected chi connectivity index (χ0v) is 17.4. The molecule has 0 amide bonds. The summed E-state index contributed by atoms with van der Waals surface area (Å²) in [6.07, 6.45) is 3.04. The number of nitrogens with zero attached hydrogens (tertiary/aromatic N) is 4. The Morgan fingerprint density at radius 3 is 2.43 bits per heavy atom. The van der Waals surface area contributed by atoms with E-state index in [0.717, 1.165) is 0 Å². The summed E-state index contributed by atoms with van der Waals surface area (Å²) in [5, 5.41) is 4.33. The average molecular weight is 406 g/mol. The Morgan fingerprint density at radius 1 is 1.18 bits per heavy atom. The van der Waals surface area contributed by atoms with Gasteiger partial charge in [-0.2, -0.15) is 5.10 Å². The van der Waals surface area contributed by atoms with E-state index in [4.69, 9.17) is 9.47 Å². The number of esters is 1. The van der Waals surface area contributed by atoms with Crippen molar-refractivity contribution in [1.82, 2.24) is 19.2 Å². The van der Waals surface area contributed by atoms with Crippen molar-refractivity contribution in [2.45, 2.75) is 30.4 Å². The van der Waals surface area contributed by atoms with Crippen LogP contribution in [0.1, 0.15) is 31.3 Å². The summed E-state index contributed by atoms with van der Waals surface area (Å²) in [6.45, 7) is 4.88. The van der Waals surface area contributed by atoms with Crippen LogP contribution in [0.3, 0.4) is 0 Å². The SMILES string of the molecule is COC(=O)c1cc(-c2cnc3cc(OC)c(S(=O)(=O)C(C)(C)C)cn23)nn1C. The van der Waals surface area contributed by atoms with Crippen LogP contribution in [0.2, 0.25) is 0 Å². The quantitative estimate of drug-likeness (QED) is 0.611. The second-order valence-electron chi connectivity index (χ2n) is 7.22. The van der Waals surface area contributed by atoms with Gasteiger partial charge < -0.3 is 9.47 Å². The summed E-state index contributed by atoms with van der Waals surface area (Å²) in [6, 6.07) is 3.13. The highest BCUT2D eigenvalue weighted by Gasteiger charge is 2.34. The highest BCUT2D eigenvalue weighted by atomic mass is 32.2. The molecule has 3 aromatic heterocycles. The Bertz CT molecular complexity index is 1170. The number of carbonyl (C=O) groups is 1. The topological polar surface area (TPSA) is 105 Å². The van der Waals surface area contributed by atoms with Gasteiger partial charge in [-0.3, -0.25) is 9.08 Å². The van der Waals surface area contributed by atoms with Crippen LogP contribution >= 0.6 is 0 Å². The van der Waals surface area contributed by atoms with E-state index in [0.29, 0.717) is 17.0 Å². The summed E-state index contributed by atoms with van der Waals surface area (Å²) in [4.78, 5) is 16.2. The number of ether oxygens (including phenoxy) is 2. The molecule has 3 heterocycles. The molecule has 0 spiro atoms. The summed E-state index contributed by atoms with van der Waals surface area (Å²) >= 11 is 0. The molecule has 150 valence electrons. The molecular formula is C18H22N4O5S. The molecule has 0 N–H and O–H groups in total. The van der Waals surface area contributed by atoms with Crippen LogP contribution in [0, 0.1) is 0 Å². The number of pyridine rings is 1. The predicted molar refractivity (Wildman–Crippen MR) is 102 cm³/mol. The fourth-order valence-electron chi connectivity index (χ4n) is 2.76. The van der Waals surface area contributed by atoms with Gasteiger partial charge in [-0.15, -0.1) is 0 Å². The van der Waals surface area contributed by atoms with E-state index in [1.807, 2.05) is 0 Å². The van der Waals surface area contributed by atoms with Gasteiger partial charge in [0.2, 0.25) is 0 Å². The molecular weight excluding hydrogens is 384 g/mol. The molecule has 0 bridgehead atoms. The first kappa shape index (κ1) is 19.9. The zero-order valence-electron chi connectivity index (χ0n) is 16.5. The first-order valence-corrected chi connectivity index (χ1v) is 9.92. The van der Waals surface area contributed by atoms with Crippen LogP contribution in [0.4, 0.5) is 0 Å². The van der Waals surface area contributed by atoms with E-state index in [9.17, 15) is 13.2 Å². The second-order valence-corrected chi connectivity index (χ2v) is 9.89. The molecule has 28 heavy (non-hydrogen) atoms. The Balaban J connectivity index is 2.26. The van der Waals surface area contributed by atoms with Crippen molar-refractivity contribution in [3.63, 3.8) is 0 Å². The summed E-state index contributed by atoms with van der Waals surface area (Å²) in [5.74, 6) is -0.302. The van der Waals surface area contributed by atoms with Crippen molar-refractivity contribution >= 4 is 21.5 Å². The number of hydrogen-bond donors (Lipinski definition) is 0. The van der Waals surface area contributed by atoms with Gasteiger partial charge in [0.15, 0.2) is 9.84 Å². The van der Waals surface area contributed by atoms with E-state index in [1.165, 1.54) is 25.1 Å². The maximum atomic E-state index is 13.0. The third-order valence-corrected chi connectivity index (χ3v) is 6.93. The maximum Gasteiger partial charge on any atom is 0.356 e. The summed E-state index contributed by atoms with van der Waals surface area (Å²) < 4.78 is 38.1. The first-order valence-electron chi connectivity index (χ1n) is 8.43. The van der Waals surface area contributed by atoms with E-state index < -0.39 is 20.6 Å². The Labute approximate surface area is 162 Å². The van der Waals surface area contributed by atoms with Crippen LogP contribution in [0.15, 0.2) is 29.4 Å². The van der Waals surface area contributed by atoms with Gasteiger partial charge >= 0.3 is 5.97 Å². The summed E-state index contributed by atoms with van der Waals surface area (Å²) in [5.41, 5.74) is 1.75. The molecule has 0 unspecified atom stereocenters. The van der Waals surface area contributed by atoms with Gasteiger partial charge in [0.1, 0.15) is 27.7 Å². The smallest absolute Gasteiger partial charge is 0.356 e. The van der Waals surface area contributed by atoms with Gasteiger partial charge in [0.25, 0.3) is 0 Å². The minimum atomic E-state index is -3.68. The predicted octanol–water partition coefficient (Wildman–Crippen LogP) is 2.10. The lowest BCUT2D eigenvalue weighted by atomic mass is 10.3. The number of aromatic nitrogens is 4. The number of sulfone groups is 1. The monoisotopic (exact) mass is 406 g/mol. The van der Waals surface area contributed by atoms with Crippen molar-refractivity contribution in [3.8, 4) is 17.1 Å². The van der Waals surface area contributed by atoms with Gasteiger partial charge in [-0.05, 0) is 20.8 Å². The van der Waals surface area contributed by atoms with E-state index in [2.05, 4.69) is 10.1 Å². The fraction of sp³-hybridized carbons (Fsp3) is 0.389. The standard InChI is InChI=1S/C18H22N4O5S/c1-18(2,3)28(24,25)15-10-22-13(9-19-16(22)8-14(15)26-5)11-7-12(17(23)27-6)21(4)20-11/h7-10H,1-6H3. The van der Waals surface area contributed by atoms with Crippen LogP contribution < -0.4 is 4.74 Å². The molecule has 0 saturated heterocycles. The van der Waals surface area contributed by atoms with E-state index in [1.54, 1.807) is 50.5 Å². The number of imidazole rings is 1. The first-order chi connectivity index (χ1) is 13.0. The molecule has 0 aliphatic carbocycles. The van der Waals surface area contributed by atoms with Crippen molar-refractivity contribution in [2.75, 3.05) is 14.2 Å². The van der Waals surface area contributed by atoms with E-state index in [-0.39, 0.29) is 16.3 Å². The number of hydrogen-bond acceptors (Lipinski definition) is 7. The van der Waals surface area contributed by atoms with Crippen LogP contribution in [-0.2, 0) is 21.6 Å². The van der Waals surface area contributed by atoms with Gasteiger partial charge in [0.05, 0.1) is 30.9 Å². The zero-order chi connectivity index (χ0) is 20.9. The van der Waals surface area contributed by atoms with Crippen LogP contribution in [0.25, 0.3) is 17.0 Å². The number of carbonyl (C=O) groups excluding carboxylic acids is 1. The molecule has 0 fully saturated rings. The Morgan fingerprint density at radius 2 is 1.86 bits per heavy atom. The van der Waals surface area contributed by atoms with Crippen molar-refractivity contribution < 1.29 is 22.7 Å². The Kier molecular flexibility index (Phi) is 4.70. The highest BCUT2D eigenvalue weighted by molar-refractivity contribution is 7.92. The molecule has 3 rings (SSSR count). The number of rotatable bonds is 4. The van der Waals surface area contributed by atoms with Gasteiger partial charge in [0, 0.05) is 25.4 Å². The highest BCUT2D eigenvalue weighted by Crippen LogP contribution is 2.34. The third kappa shape index (κ3) is 3.03. The van der Waals surface area contributed by atoms with Gasteiger partial charge in [-0.25, -0.2) is 18.2 Å². The minimum absolute atomic E-state index is 0.0540. The fourth-order valence-corrected chi connectivity index (χ4v) is 4.07. The average Bonchev–Trinajstić information content (AvgIpc) is 3.21. The normalized spacial score (nSPS) is 12.4. The lowest BCUT2D eigenvalue weighted by molar-refractivity contribution is 0.0588. The number of fused-ring (bicyclic) bond motifs is 1. The Hall–Kier alpha value is -2.88. The summed E-state index contributed by atoms with van der Waals surface area (Å²) in [7, 11) is 0.648. The maximum absolute atomic E-state index is 13.0. The molecule has 0 radical (unpaired) electrons. The lowest BCUT2D eigenvalue weighted by Crippen LogP contribution is -2.28. The van der Waals surface area contributed by atoms with Crippen LogP contribution in [0.5, 0.6) is 5.75 Å².